The zero-order chi connectivity index (χ0) is 10.6. The van der Waals surface area contributed by atoms with E-state index in [9.17, 15) is 9.90 Å². The first-order chi connectivity index (χ1) is 6.62. The Balaban J connectivity index is 2.48. The Morgan fingerprint density at radius 1 is 1.43 bits per heavy atom. The SMILES string of the molecule is CCOC(=O)C1(O)CCN(CC)CC1. The Kier molecular flexibility index (Phi) is 3.89. The van der Waals surface area contributed by atoms with Crippen molar-refractivity contribution in [2.75, 3.05) is 26.2 Å². The fourth-order valence-electron chi connectivity index (χ4n) is 1.71. The molecule has 0 amide bonds. The molecule has 4 heteroatoms. The fraction of sp³-hybridized carbons (Fsp3) is 0.900. The zero-order valence-electron chi connectivity index (χ0n) is 8.95. The molecule has 0 radical (unpaired) electrons. The van der Waals surface area contributed by atoms with Gasteiger partial charge in [-0.15, -0.1) is 0 Å². The number of ether oxygens (including phenoxy) is 1. The summed E-state index contributed by atoms with van der Waals surface area (Å²) < 4.78 is 4.85. The number of hydrogen-bond donors (Lipinski definition) is 1. The van der Waals surface area contributed by atoms with Gasteiger partial charge in [0, 0.05) is 13.1 Å². The van der Waals surface area contributed by atoms with Gasteiger partial charge in [-0.3, -0.25) is 0 Å². The molecule has 1 aliphatic rings. The third-order valence-electron chi connectivity index (χ3n) is 2.79. The first-order valence-electron chi connectivity index (χ1n) is 5.24. The molecule has 0 aliphatic carbocycles. The van der Waals surface area contributed by atoms with Crippen LogP contribution < -0.4 is 0 Å². The smallest absolute Gasteiger partial charge is 0.338 e. The molecule has 0 spiro atoms. The molecule has 1 rings (SSSR count). The highest BCUT2D eigenvalue weighted by Crippen LogP contribution is 2.23. The van der Waals surface area contributed by atoms with Gasteiger partial charge in [0.2, 0.25) is 0 Å². The summed E-state index contributed by atoms with van der Waals surface area (Å²) in [5, 5.41) is 9.98. The van der Waals surface area contributed by atoms with Gasteiger partial charge in [-0.05, 0) is 26.3 Å². The maximum Gasteiger partial charge on any atom is 0.338 e. The van der Waals surface area contributed by atoms with Gasteiger partial charge in [0.15, 0.2) is 5.60 Å². The second kappa shape index (κ2) is 4.75. The number of piperidine rings is 1. The zero-order valence-corrected chi connectivity index (χ0v) is 8.95. The van der Waals surface area contributed by atoms with Gasteiger partial charge < -0.3 is 14.7 Å². The minimum Gasteiger partial charge on any atom is -0.464 e. The molecule has 0 bridgehead atoms. The molecule has 82 valence electrons. The van der Waals surface area contributed by atoms with E-state index in [1.165, 1.54) is 0 Å². The summed E-state index contributed by atoms with van der Waals surface area (Å²) in [6.07, 6.45) is 0.972. The quantitative estimate of drug-likeness (QED) is 0.671. The summed E-state index contributed by atoms with van der Waals surface area (Å²) in [4.78, 5) is 13.6. The van der Waals surface area contributed by atoms with Crippen LogP contribution in [0.2, 0.25) is 0 Å². The third kappa shape index (κ3) is 2.45. The number of nitrogens with zero attached hydrogens (tertiary/aromatic N) is 1. The first-order valence-corrected chi connectivity index (χ1v) is 5.24. The second-order valence-corrected chi connectivity index (χ2v) is 3.69. The summed E-state index contributed by atoms with van der Waals surface area (Å²) in [7, 11) is 0. The van der Waals surface area contributed by atoms with Crippen LogP contribution in [-0.4, -0.2) is 47.8 Å². The van der Waals surface area contributed by atoms with Gasteiger partial charge in [0.25, 0.3) is 0 Å². The topological polar surface area (TPSA) is 49.8 Å². The Morgan fingerprint density at radius 3 is 2.43 bits per heavy atom. The van der Waals surface area contributed by atoms with E-state index < -0.39 is 11.6 Å². The molecule has 14 heavy (non-hydrogen) atoms. The first kappa shape index (κ1) is 11.5. The standard InChI is InChI=1S/C10H19NO3/c1-3-11-7-5-10(13,6-8-11)9(12)14-4-2/h13H,3-8H2,1-2H3. The van der Waals surface area contributed by atoms with Crippen molar-refractivity contribution < 1.29 is 14.6 Å². The molecule has 4 nitrogen and oxygen atoms in total. The van der Waals surface area contributed by atoms with Crippen LogP contribution in [0.1, 0.15) is 26.7 Å². The van der Waals surface area contributed by atoms with Gasteiger partial charge in [-0.25, -0.2) is 4.79 Å². The van der Waals surface area contributed by atoms with Crippen molar-refractivity contribution in [3.8, 4) is 0 Å². The van der Waals surface area contributed by atoms with Crippen LogP contribution in [0.3, 0.4) is 0 Å². The van der Waals surface area contributed by atoms with Crippen LogP contribution in [0.4, 0.5) is 0 Å². The molecular formula is C10H19NO3. The van der Waals surface area contributed by atoms with Crippen LogP contribution in [0.15, 0.2) is 0 Å². The lowest BCUT2D eigenvalue weighted by atomic mass is 9.91. The summed E-state index contributed by atoms with van der Waals surface area (Å²) in [5.41, 5.74) is -1.23. The molecular weight excluding hydrogens is 182 g/mol. The average molecular weight is 201 g/mol. The molecule has 1 saturated heterocycles. The van der Waals surface area contributed by atoms with Crippen LogP contribution >= 0.6 is 0 Å². The van der Waals surface area contributed by atoms with E-state index in [-0.39, 0.29) is 0 Å². The van der Waals surface area contributed by atoms with E-state index in [0.29, 0.717) is 19.4 Å². The van der Waals surface area contributed by atoms with Gasteiger partial charge in [-0.1, -0.05) is 6.92 Å². The number of likely N-dealkylation sites (tertiary alicyclic amines) is 1. The minimum atomic E-state index is -1.23. The van der Waals surface area contributed by atoms with E-state index in [1.807, 2.05) is 0 Å². The highest BCUT2D eigenvalue weighted by atomic mass is 16.5. The number of carbonyl (C=O) groups excluding carboxylic acids is 1. The predicted octanol–water partition coefficient (Wildman–Crippen LogP) is 0.396. The van der Waals surface area contributed by atoms with E-state index in [2.05, 4.69) is 11.8 Å². The van der Waals surface area contributed by atoms with Gasteiger partial charge in [0.1, 0.15) is 0 Å². The number of aliphatic hydroxyl groups is 1. The van der Waals surface area contributed by atoms with Crippen molar-refractivity contribution in [1.29, 1.82) is 0 Å². The maximum atomic E-state index is 11.4. The second-order valence-electron chi connectivity index (χ2n) is 3.69. The monoisotopic (exact) mass is 201 g/mol. The van der Waals surface area contributed by atoms with E-state index in [1.54, 1.807) is 6.92 Å². The van der Waals surface area contributed by atoms with E-state index in [0.717, 1.165) is 19.6 Å². The third-order valence-corrected chi connectivity index (χ3v) is 2.79. The molecule has 0 saturated carbocycles. The molecule has 0 aromatic heterocycles. The van der Waals surface area contributed by atoms with Crippen molar-refractivity contribution in [2.45, 2.75) is 32.3 Å². The molecule has 1 fully saturated rings. The Bertz CT molecular complexity index is 198. The molecule has 1 N–H and O–H groups in total. The van der Waals surface area contributed by atoms with Crippen molar-refractivity contribution in [2.24, 2.45) is 0 Å². The molecule has 0 atom stereocenters. The summed E-state index contributed by atoms with van der Waals surface area (Å²) in [5.74, 6) is -0.462. The fourth-order valence-corrected chi connectivity index (χ4v) is 1.71. The lowest BCUT2D eigenvalue weighted by Crippen LogP contribution is -2.50. The number of hydrogen-bond acceptors (Lipinski definition) is 4. The van der Waals surface area contributed by atoms with Crippen molar-refractivity contribution in [3.05, 3.63) is 0 Å². The van der Waals surface area contributed by atoms with Gasteiger partial charge in [-0.2, -0.15) is 0 Å². The molecule has 0 unspecified atom stereocenters. The van der Waals surface area contributed by atoms with Crippen LogP contribution in [0.25, 0.3) is 0 Å². The predicted molar refractivity (Wildman–Crippen MR) is 52.9 cm³/mol. The largest absolute Gasteiger partial charge is 0.464 e. The summed E-state index contributed by atoms with van der Waals surface area (Å²) in [6.45, 7) is 6.67. The average Bonchev–Trinajstić information content (AvgIpc) is 2.19. The number of carbonyl (C=O) groups is 1. The van der Waals surface area contributed by atoms with Crippen molar-refractivity contribution in [1.82, 2.24) is 4.90 Å². The Hall–Kier alpha value is -0.610. The highest BCUT2D eigenvalue weighted by molar-refractivity contribution is 5.79. The van der Waals surface area contributed by atoms with Crippen LogP contribution in [-0.2, 0) is 9.53 Å². The van der Waals surface area contributed by atoms with Gasteiger partial charge >= 0.3 is 5.97 Å². The molecule has 0 aromatic carbocycles. The Labute approximate surface area is 84.8 Å². The van der Waals surface area contributed by atoms with Crippen LogP contribution in [0.5, 0.6) is 0 Å². The summed E-state index contributed by atoms with van der Waals surface area (Å²) >= 11 is 0. The number of rotatable bonds is 3. The minimum absolute atomic E-state index is 0.332. The molecule has 0 aromatic rings. The summed E-state index contributed by atoms with van der Waals surface area (Å²) in [6, 6.07) is 0. The Morgan fingerprint density at radius 2 is 2.00 bits per heavy atom. The normalized spacial score (nSPS) is 21.9. The lowest BCUT2D eigenvalue weighted by Gasteiger charge is -2.35. The van der Waals surface area contributed by atoms with Crippen molar-refractivity contribution in [3.63, 3.8) is 0 Å². The van der Waals surface area contributed by atoms with Crippen LogP contribution in [0, 0.1) is 0 Å². The van der Waals surface area contributed by atoms with Gasteiger partial charge in [0.05, 0.1) is 6.61 Å². The molecule has 1 aliphatic heterocycles. The molecule has 1 heterocycles. The highest BCUT2D eigenvalue weighted by Gasteiger charge is 2.40. The maximum absolute atomic E-state index is 11.4. The lowest BCUT2D eigenvalue weighted by molar-refractivity contribution is -0.169. The van der Waals surface area contributed by atoms with Crippen molar-refractivity contribution >= 4 is 5.97 Å². The number of esters is 1. The van der Waals surface area contributed by atoms with E-state index >= 15 is 0 Å². The van der Waals surface area contributed by atoms with E-state index in [4.69, 9.17) is 4.74 Å².